The maximum absolute atomic E-state index is 5.52. The summed E-state index contributed by atoms with van der Waals surface area (Å²) in [6.07, 6.45) is 2.08. The minimum Gasteiger partial charge on any atom is -0.361 e. The molecule has 0 unspecified atom stereocenters. The van der Waals surface area contributed by atoms with E-state index in [1.165, 1.54) is 16.5 Å². The van der Waals surface area contributed by atoms with E-state index in [-0.39, 0.29) is 0 Å². The van der Waals surface area contributed by atoms with Crippen molar-refractivity contribution in [1.82, 2.24) is 9.88 Å². The van der Waals surface area contributed by atoms with Gasteiger partial charge in [0.25, 0.3) is 0 Å². The van der Waals surface area contributed by atoms with Crippen molar-refractivity contribution in [3.8, 4) is 0 Å². The van der Waals surface area contributed by atoms with Crippen molar-refractivity contribution in [3.05, 3.63) is 36.0 Å². The van der Waals surface area contributed by atoms with Crippen molar-refractivity contribution in [2.45, 2.75) is 6.54 Å². The lowest BCUT2D eigenvalue weighted by Crippen LogP contribution is -2.24. The van der Waals surface area contributed by atoms with Crippen LogP contribution in [0.15, 0.2) is 30.5 Å². The lowest BCUT2D eigenvalue weighted by atomic mass is 10.2. The quantitative estimate of drug-likeness (QED) is 0.792. The molecule has 0 aliphatic heterocycles. The number of hydrogen-bond donors (Lipinski definition) is 2. The first-order valence-corrected chi connectivity index (χ1v) is 5.25. The second kappa shape index (κ2) is 4.47. The molecule has 1 aromatic carbocycles. The van der Waals surface area contributed by atoms with Crippen LogP contribution in [0.5, 0.6) is 0 Å². The number of nitrogens with zero attached hydrogens (tertiary/aromatic N) is 1. The van der Waals surface area contributed by atoms with Gasteiger partial charge < -0.3 is 15.6 Å². The van der Waals surface area contributed by atoms with Crippen LogP contribution in [0.1, 0.15) is 5.56 Å². The fraction of sp³-hybridized carbons (Fsp3) is 0.333. The molecule has 15 heavy (non-hydrogen) atoms. The molecule has 0 bridgehead atoms. The van der Waals surface area contributed by atoms with Gasteiger partial charge in [0.2, 0.25) is 0 Å². The van der Waals surface area contributed by atoms with E-state index in [0.717, 1.165) is 13.1 Å². The second-order valence-electron chi connectivity index (χ2n) is 3.89. The molecular formula is C12H17N3. The lowest BCUT2D eigenvalue weighted by Gasteiger charge is -2.14. The number of aromatic amines is 1. The Morgan fingerprint density at radius 3 is 2.93 bits per heavy atom. The van der Waals surface area contributed by atoms with Crippen LogP contribution in [0.25, 0.3) is 10.9 Å². The molecule has 1 heterocycles. The number of rotatable bonds is 4. The van der Waals surface area contributed by atoms with Gasteiger partial charge in [0.1, 0.15) is 0 Å². The number of fused-ring (bicyclic) bond motifs is 1. The van der Waals surface area contributed by atoms with Gasteiger partial charge in [0, 0.05) is 36.7 Å². The molecule has 80 valence electrons. The number of hydrogen-bond acceptors (Lipinski definition) is 2. The van der Waals surface area contributed by atoms with Gasteiger partial charge in [-0.05, 0) is 18.7 Å². The molecule has 2 aromatic rings. The highest BCUT2D eigenvalue weighted by molar-refractivity contribution is 5.82. The Balaban J connectivity index is 2.21. The summed E-state index contributed by atoms with van der Waals surface area (Å²) >= 11 is 0. The number of nitrogens with two attached hydrogens (primary N) is 1. The Bertz CT molecular complexity index is 433. The number of benzene rings is 1. The van der Waals surface area contributed by atoms with E-state index < -0.39 is 0 Å². The standard InChI is InChI=1S/C12H17N3/c1-15(7-6-13)9-10-8-14-12-5-3-2-4-11(10)12/h2-5,8,14H,6-7,9,13H2,1H3. The van der Waals surface area contributed by atoms with Gasteiger partial charge >= 0.3 is 0 Å². The van der Waals surface area contributed by atoms with Crippen molar-refractivity contribution in [3.63, 3.8) is 0 Å². The summed E-state index contributed by atoms with van der Waals surface area (Å²) in [4.78, 5) is 5.51. The molecule has 0 atom stereocenters. The molecule has 0 saturated carbocycles. The molecule has 3 N–H and O–H groups in total. The first kappa shape index (κ1) is 10.2. The van der Waals surface area contributed by atoms with Gasteiger partial charge in [-0.1, -0.05) is 18.2 Å². The van der Waals surface area contributed by atoms with Gasteiger partial charge in [-0.25, -0.2) is 0 Å². The van der Waals surface area contributed by atoms with Crippen LogP contribution in [0.2, 0.25) is 0 Å². The highest BCUT2D eigenvalue weighted by Gasteiger charge is 2.04. The maximum atomic E-state index is 5.52. The summed E-state index contributed by atoms with van der Waals surface area (Å²) in [6.45, 7) is 2.58. The van der Waals surface area contributed by atoms with E-state index >= 15 is 0 Å². The number of nitrogens with one attached hydrogen (secondary N) is 1. The zero-order chi connectivity index (χ0) is 10.7. The van der Waals surface area contributed by atoms with E-state index in [9.17, 15) is 0 Å². The topological polar surface area (TPSA) is 45.0 Å². The predicted octanol–water partition coefficient (Wildman–Crippen LogP) is 1.56. The average molecular weight is 203 g/mol. The Morgan fingerprint density at radius 1 is 1.33 bits per heavy atom. The van der Waals surface area contributed by atoms with Crippen LogP contribution >= 0.6 is 0 Å². The van der Waals surface area contributed by atoms with Crippen molar-refractivity contribution in [1.29, 1.82) is 0 Å². The summed E-state index contributed by atoms with van der Waals surface area (Å²) in [5, 5.41) is 1.31. The average Bonchev–Trinajstić information content (AvgIpc) is 2.62. The maximum Gasteiger partial charge on any atom is 0.0457 e. The number of likely N-dealkylation sites (N-methyl/N-ethyl adjacent to an activating group) is 1. The minimum absolute atomic E-state index is 0.707. The molecule has 0 spiro atoms. The Hall–Kier alpha value is -1.32. The Labute approximate surface area is 89.9 Å². The van der Waals surface area contributed by atoms with Gasteiger partial charge in [-0.2, -0.15) is 0 Å². The van der Waals surface area contributed by atoms with Gasteiger partial charge in [0.05, 0.1) is 0 Å². The van der Waals surface area contributed by atoms with Crippen molar-refractivity contribution >= 4 is 10.9 Å². The molecule has 0 aliphatic carbocycles. The number of aromatic nitrogens is 1. The third kappa shape index (κ3) is 2.19. The SMILES string of the molecule is CN(CCN)Cc1c[nH]c2ccccc12. The highest BCUT2D eigenvalue weighted by Crippen LogP contribution is 2.18. The van der Waals surface area contributed by atoms with Crippen LogP contribution < -0.4 is 5.73 Å². The summed E-state index contributed by atoms with van der Waals surface area (Å²) in [7, 11) is 2.09. The van der Waals surface area contributed by atoms with E-state index in [2.05, 4.69) is 41.3 Å². The number of para-hydroxylation sites is 1. The van der Waals surface area contributed by atoms with E-state index in [1.54, 1.807) is 0 Å². The van der Waals surface area contributed by atoms with Crippen molar-refractivity contribution in [2.24, 2.45) is 5.73 Å². The van der Waals surface area contributed by atoms with Crippen LogP contribution in [0.3, 0.4) is 0 Å². The molecule has 3 nitrogen and oxygen atoms in total. The monoisotopic (exact) mass is 203 g/mol. The summed E-state index contributed by atoms with van der Waals surface area (Å²) in [5.74, 6) is 0. The lowest BCUT2D eigenvalue weighted by molar-refractivity contribution is 0.337. The molecule has 3 heteroatoms. The van der Waals surface area contributed by atoms with Crippen LogP contribution in [0, 0.1) is 0 Å². The highest BCUT2D eigenvalue weighted by atomic mass is 15.1. The normalized spacial score (nSPS) is 11.4. The smallest absolute Gasteiger partial charge is 0.0457 e. The molecule has 1 aromatic heterocycles. The zero-order valence-corrected chi connectivity index (χ0v) is 9.03. The molecule has 2 rings (SSSR count). The minimum atomic E-state index is 0.707. The van der Waals surface area contributed by atoms with Crippen molar-refractivity contribution in [2.75, 3.05) is 20.1 Å². The summed E-state index contributed by atoms with van der Waals surface area (Å²) in [5.41, 5.74) is 8.06. The van der Waals surface area contributed by atoms with E-state index in [4.69, 9.17) is 5.73 Å². The first-order chi connectivity index (χ1) is 7.31. The fourth-order valence-corrected chi connectivity index (χ4v) is 1.85. The second-order valence-corrected chi connectivity index (χ2v) is 3.89. The van der Waals surface area contributed by atoms with Crippen molar-refractivity contribution < 1.29 is 0 Å². The first-order valence-electron chi connectivity index (χ1n) is 5.25. The molecule has 0 amide bonds. The molecule has 0 saturated heterocycles. The molecule has 0 radical (unpaired) electrons. The largest absolute Gasteiger partial charge is 0.361 e. The van der Waals surface area contributed by atoms with Crippen LogP contribution in [-0.2, 0) is 6.54 Å². The number of H-pyrrole nitrogens is 1. The summed E-state index contributed by atoms with van der Waals surface area (Å²) in [6, 6.07) is 8.37. The summed E-state index contributed by atoms with van der Waals surface area (Å²) < 4.78 is 0. The zero-order valence-electron chi connectivity index (χ0n) is 9.03. The Morgan fingerprint density at radius 2 is 2.13 bits per heavy atom. The Kier molecular flexibility index (Phi) is 3.04. The predicted molar refractivity (Wildman–Crippen MR) is 63.7 cm³/mol. The third-order valence-corrected chi connectivity index (χ3v) is 2.63. The fourth-order valence-electron chi connectivity index (χ4n) is 1.85. The molecule has 0 fully saturated rings. The van der Waals surface area contributed by atoms with E-state index in [0.29, 0.717) is 6.54 Å². The van der Waals surface area contributed by atoms with Crippen LogP contribution in [-0.4, -0.2) is 30.0 Å². The van der Waals surface area contributed by atoms with E-state index in [1.807, 2.05) is 6.07 Å². The third-order valence-electron chi connectivity index (χ3n) is 2.63. The molecule has 0 aliphatic rings. The van der Waals surface area contributed by atoms with Gasteiger partial charge in [-0.15, -0.1) is 0 Å². The van der Waals surface area contributed by atoms with Gasteiger partial charge in [-0.3, -0.25) is 0 Å². The van der Waals surface area contributed by atoms with Gasteiger partial charge in [0.15, 0.2) is 0 Å². The van der Waals surface area contributed by atoms with Crippen LogP contribution in [0.4, 0.5) is 0 Å². The molecular weight excluding hydrogens is 186 g/mol.